The first kappa shape index (κ1) is 30.8. The van der Waals surface area contributed by atoms with Crippen molar-refractivity contribution in [2.24, 2.45) is 17.6 Å². The van der Waals surface area contributed by atoms with Crippen molar-refractivity contribution in [3.63, 3.8) is 0 Å². The van der Waals surface area contributed by atoms with Crippen LogP contribution in [-0.4, -0.2) is 93.6 Å². The minimum atomic E-state index is -2.68. The fourth-order valence-corrected chi connectivity index (χ4v) is 7.94. The number of hydrogen-bond acceptors (Lipinski definition) is 10. The Morgan fingerprint density at radius 1 is 1.07 bits per heavy atom. The maximum atomic E-state index is 14.1. The highest BCUT2D eigenvalue weighted by Crippen LogP contribution is 2.54. The van der Waals surface area contributed by atoms with Gasteiger partial charge in [-0.25, -0.2) is 0 Å². The smallest absolute Gasteiger partial charge is 0.255 e. The van der Waals surface area contributed by atoms with Gasteiger partial charge in [-0.2, -0.15) is 0 Å². The summed E-state index contributed by atoms with van der Waals surface area (Å²) < 4.78 is 5.74. The first-order chi connectivity index (χ1) is 21.4. The molecular formula is C34H39N3O8. The molecule has 1 saturated heterocycles. The maximum Gasteiger partial charge on any atom is 0.255 e. The summed E-state index contributed by atoms with van der Waals surface area (Å²) in [6.07, 6.45) is 3.77. The number of ether oxygens (including phenoxy) is 1. The van der Waals surface area contributed by atoms with Crippen LogP contribution < -0.4 is 10.5 Å². The van der Waals surface area contributed by atoms with Crippen LogP contribution in [-0.2, 0) is 27.3 Å². The normalized spacial score (nSPS) is 26.9. The Hall–Kier alpha value is -4.19. The van der Waals surface area contributed by atoms with Crippen molar-refractivity contribution >= 4 is 23.2 Å². The first-order valence-electron chi connectivity index (χ1n) is 15.3. The third-order valence-corrected chi connectivity index (χ3v) is 10.0. The van der Waals surface area contributed by atoms with Gasteiger partial charge in [0.15, 0.2) is 11.4 Å². The number of piperidine rings is 1. The standard InChI is InChI=1S/C34H39N3O8/c1-36(2)28-22-15-18-14-21-19(20-13-17(7-10-24(20)45-3)16-37-11-5-4-6-12-37)8-9-23(38)26(21)29(39)25(18)31(41)34(22,44)32(42)27(30(28)40)33(35)43/h7-10,13,18,22,28,38-39,42,44H,4-6,11-12,14-16H2,1-3H3,(H2,35,43)/t18-,22-,28?,34-/m0/s1. The van der Waals surface area contributed by atoms with Crippen molar-refractivity contribution in [3.8, 4) is 22.6 Å². The lowest BCUT2D eigenvalue weighted by Crippen LogP contribution is -2.65. The molecule has 2 aromatic carbocycles. The number of methoxy groups -OCH3 is 1. The zero-order valence-corrected chi connectivity index (χ0v) is 25.7. The van der Waals surface area contributed by atoms with Gasteiger partial charge in [0.2, 0.25) is 5.78 Å². The molecule has 11 nitrogen and oxygen atoms in total. The molecule has 4 aliphatic rings. The number of hydrogen-bond donors (Lipinski definition) is 5. The number of aliphatic hydroxyl groups is 3. The van der Waals surface area contributed by atoms with Crippen LogP contribution in [0.2, 0.25) is 0 Å². The predicted molar refractivity (Wildman–Crippen MR) is 165 cm³/mol. The predicted octanol–water partition coefficient (Wildman–Crippen LogP) is 2.63. The minimum absolute atomic E-state index is 0.0208. The number of fused-ring (bicyclic) bond motifs is 3. The molecule has 6 N–H and O–H groups in total. The number of ketones is 2. The average molecular weight is 618 g/mol. The van der Waals surface area contributed by atoms with Gasteiger partial charge in [0, 0.05) is 23.6 Å². The summed E-state index contributed by atoms with van der Waals surface area (Å²) in [7, 11) is 4.73. The zero-order chi connectivity index (χ0) is 32.4. The van der Waals surface area contributed by atoms with E-state index in [4.69, 9.17) is 10.5 Å². The Morgan fingerprint density at radius 3 is 2.42 bits per heavy atom. The Labute approximate surface area is 261 Å². The van der Waals surface area contributed by atoms with Gasteiger partial charge in [0.1, 0.15) is 28.6 Å². The molecule has 0 radical (unpaired) electrons. The van der Waals surface area contributed by atoms with Gasteiger partial charge < -0.3 is 30.9 Å². The van der Waals surface area contributed by atoms with E-state index in [0.717, 1.165) is 43.6 Å². The number of nitrogens with two attached hydrogens (primary N) is 1. The molecule has 1 aliphatic heterocycles. The molecule has 6 rings (SSSR count). The van der Waals surface area contributed by atoms with Crippen LogP contribution in [0.15, 0.2) is 47.2 Å². The van der Waals surface area contributed by atoms with Crippen molar-refractivity contribution in [1.82, 2.24) is 9.80 Å². The second-order valence-electron chi connectivity index (χ2n) is 12.8. The molecule has 4 atom stereocenters. The second kappa shape index (κ2) is 11.3. The molecule has 2 aromatic rings. The van der Waals surface area contributed by atoms with Crippen LogP contribution in [0.5, 0.6) is 11.5 Å². The number of likely N-dealkylation sites (N-methyl/N-ethyl adjacent to an activating group) is 1. The summed E-state index contributed by atoms with van der Waals surface area (Å²) in [6.45, 7) is 2.83. The van der Waals surface area contributed by atoms with E-state index in [1.54, 1.807) is 27.3 Å². The van der Waals surface area contributed by atoms with E-state index in [0.29, 0.717) is 16.9 Å². The quantitative estimate of drug-likeness (QED) is 0.303. The number of carbonyl (C=O) groups is 3. The molecular weight excluding hydrogens is 578 g/mol. The highest BCUT2D eigenvalue weighted by molar-refractivity contribution is 6.24. The lowest BCUT2D eigenvalue weighted by molar-refractivity contribution is -0.153. The maximum absolute atomic E-state index is 14.1. The minimum Gasteiger partial charge on any atom is -0.508 e. The van der Waals surface area contributed by atoms with E-state index in [-0.39, 0.29) is 29.7 Å². The van der Waals surface area contributed by atoms with Crippen molar-refractivity contribution in [2.75, 3.05) is 34.3 Å². The summed E-state index contributed by atoms with van der Waals surface area (Å²) in [5.74, 6) is -6.17. The van der Waals surface area contributed by atoms with Crippen LogP contribution in [0.25, 0.3) is 16.9 Å². The third-order valence-electron chi connectivity index (χ3n) is 10.0. The van der Waals surface area contributed by atoms with Gasteiger partial charge in [0.05, 0.1) is 18.7 Å². The number of aliphatic hydroxyl groups excluding tert-OH is 2. The second-order valence-corrected chi connectivity index (χ2v) is 12.8. The number of phenolic OH excluding ortho intramolecular Hbond substituents is 1. The number of rotatable bonds is 6. The molecule has 1 amide bonds. The summed E-state index contributed by atoms with van der Waals surface area (Å²) >= 11 is 0. The highest BCUT2D eigenvalue weighted by atomic mass is 16.5. The lowest BCUT2D eigenvalue weighted by atomic mass is 9.57. The Kier molecular flexibility index (Phi) is 7.75. The van der Waals surface area contributed by atoms with Gasteiger partial charge in [-0.3, -0.25) is 24.2 Å². The number of likely N-dealkylation sites (tertiary alicyclic amines) is 1. The van der Waals surface area contributed by atoms with Crippen LogP contribution in [0.1, 0.15) is 42.4 Å². The largest absolute Gasteiger partial charge is 0.508 e. The molecule has 1 saturated carbocycles. The zero-order valence-electron chi connectivity index (χ0n) is 25.7. The molecule has 45 heavy (non-hydrogen) atoms. The van der Waals surface area contributed by atoms with E-state index < -0.39 is 58.0 Å². The molecule has 2 fully saturated rings. The summed E-state index contributed by atoms with van der Waals surface area (Å²) in [5.41, 5.74) is 4.93. The number of nitrogens with zero attached hydrogens (tertiary/aromatic N) is 2. The molecule has 0 aromatic heterocycles. The van der Waals surface area contributed by atoms with Gasteiger partial charge in [-0.1, -0.05) is 18.6 Å². The molecule has 3 aliphatic carbocycles. The fourth-order valence-electron chi connectivity index (χ4n) is 7.94. The number of benzene rings is 2. The van der Waals surface area contributed by atoms with E-state index >= 15 is 0 Å². The molecule has 238 valence electrons. The van der Waals surface area contributed by atoms with E-state index in [1.165, 1.54) is 17.4 Å². The van der Waals surface area contributed by atoms with Crippen molar-refractivity contribution in [2.45, 2.75) is 50.3 Å². The monoisotopic (exact) mass is 617 g/mol. The third kappa shape index (κ3) is 4.72. The van der Waals surface area contributed by atoms with Crippen molar-refractivity contribution in [3.05, 3.63) is 63.9 Å². The number of carbonyl (C=O) groups excluding carboxylic acids is 3. The number of Topliss-reactive ketones (excluding diaryl/α,β-unsaturated/α-hetero) is 2. The average Bonchev–Trinajstić information content (AvgIpc) is 2.99. The Morgan fingerprint density at radius 2 is 1.78 bits per heavy atom. The van der Waals surface area contributed by atoms with Crippen LogP contribution >= 0.6 is 0 Å². The molecule has 1 heterocycles. The highest BCUT2D eigenvalue weighted by Gasteiger charge is 2.64. The lowest BCUT2D eigenvalue weighted by Gasteiger charge is -2.50. The molecule has 0 bridgehead atoms. The van der Waals surface area contributed by atoms with Crippen LogP contribution in [0.4, 0.5) is 0 Å². The van der Waals surface area contributed by atoms with Gasteiger partial charge >= 0.3 is 0 Å². The number of phenols is 1. The topological polar surface area (TPSA) is 174 Å². The van der Waals surface area contributed by atoms with E-state index in [2.05, 4.69) is 11.0 Å². The van der Waals surface area contributed by atoms with E-state index in [1.807, 2.05) is 12.1 Å². The van der Waals surface area contributed by atoms with E-state index in [9.17, 15) is 34.8 Å². The SMILES string of the molecule is COc1ccc(CN2CCCCC2)cc1-c1ccc(O)c2c1C[C@H]1C[C@H]3C(N(C)C)C(=O)C(C(N)=O)=C(O)[C@@]3(O)C(=O)C1=C2O. The summed E-state index contributed by atoms with van der Waals surface area (Å²) in [6, 6.07) is 8.05. The molecule has 0 spiro atoms. The van der Waals surface area contributed by atoms with Crippen molar-refractivity contribution in [1.29, 1.82) is 0 Å². The number of amides is 1. The Balaban J connectivity index is 1.49. The molecule has 11 heteroatoms. The van der Waals surface area contributed by atoms with Crippen LogP contribution in [0.3, 0.4) is 0 Å². The van der Waals surface area contributed by atoms with Crippen LogP contribution in [0, 0.1) is 11.8 Å². The summed E-state index contributed by atoms with van der Waals surface area (Å²) in [4.78, 5) is 43.6. The summed E-state index contributed by atoms with van der Waals surface area (Å²) in [5, 5.41) is 45.6. The number of aromatic hydroxyl groups is 1. The first-order valence-corrected chi connectivity index (χ1v) is 15.3. The Bertz CT molecular complexity index is 1670. The number of primary amides is 1. The van der Waals surface area contributed by atoms with Gasteiger partial charge in [0.25, 0.3) is 5.91 Å². The fraction of sp³-hybridized carbons (Fsp3) is 0.441. The van der Waals surface area contributed by atoms with Gasteiger partial charge in [-0.15, -0.1) is 0 Å². The van der Waals surface area contributed by atoms with Crippen molar-refractivity contribution < 1.29 is 39.5 Å². The molecule has 1 unspecified atom stereocenters. The van der Waals surface area contributed by atoms with Gasteiger partial charge in [-0.05, 0) is 93.7 Å².